The fourth-order valence-corrected chi connectivity index (χ4v) is 3.17. The minimum atomic E-state index is -0.594. The van der Waals surface area contributed by atoms with Crippen LogP contribution in [0.25, 0.3) is 15.9 Å². The molecule has 10 nitrogen and oxygen atoms in total. The zero-order valence-corrected chi connectivity index (χ0v) is 13.0. The topological polar surface area (TPSA) is 126 Å². The van der Waals surface area contributed by atoms with Gasteiger partial charge in [0.25, 0.3) is 10.6 Å². The van der Waals surface area contributed by atoms with Gasteiger partial charge in [-0.15, -0.1) is 0 Å². The molecule has 124 valence electrons. The van der Waals surface area contributed by atoms with Gasteiger partial charge in [0.05, 0.1) is 10.3 Å². The summed E-state index contributed by atoms with van der Waals surface area (Å²) in [5.41, 5.74) is 0.0955. The number of imidazole rings is 1. The second-order valence-corrected chi connectivity index (χ2v) is 5.77. The number of aromatic nitrogens is 3. The van der Waals surface area contributed by atoms with E-state index in [0.29, 0.717) is 4.96 Å². The van der Waals surface area contributed by atoms with E-state index >= 15 is 0 Å². The highest BCUT2D eigenvalue weighted by atomic mass is 32.1. The lowest BCUT2D eigenvalue weighted by Crippen LogP contribution is -1.97. The van der Waals surface area contributed by atoms with Crippen LogP contribution in [0.1, 0.15) is 0 Å². The number of pyridine rings is 1. The first-order valence-electron chi connectivity index (χ1n) is 6.86. The molecular formula is C14H7N5O5S. The van der Waals surface area contributed by atoms with Crippen LogP contribution in [0.15, 0.2) is 42.0 Å². The zero-order chi connectivity index (χ0) is 17.6. The first kappa shape index (κ1) is 15.0. The number of hydrogen-bond acceptors (Lipinski definition) is 8. The fourth-order valence-electron chi connectivity index (χ4n) is 2.47. The van der Waals surface area contributed by atoms with Crippen molar-refractivity contribution in [2.75, 3.05) is 0 Å². The lowest BCUT2D eigenvalue weighted by molar-refractivity contribution is -0.391. The average Bonchev–Trinajstić information content (AvgIpc) is 3.15. The van der Waals surface area contributed by atoms with Crippen LogP contribution in [0.2, 0.25) is 0 Å². The lowest BCUT2D eigenvalue weighted by Gasteiger charge is -2.06. The third-order valence-corrected chi connectivity index (χ3v) is 4.25. The maximum atomic E-state index is 11.4. The molecule has 0 aliphatic rings. The molecule has 0 N–H and O–H groups in total. The second kappa shape index (κ2) is 5.49. The van der Waals surface area contributed by atoms with Gasteiger partial charge in [0, 0.05) is 17.6 Å². The largest absolute Gasteiger partial charge is 0.430 e. The molecule has 0 aliphatic carbocycles. The van der Waals surface area contributed by atoms with Crippen LogP contribution in [0.5, 0.6) is 11.6 Å². The molecule has 0 amide bonds. The Balaban J connectivity index is 1.89. The quantitative estimate of drug-likeness (QED) is 0.404. The summed E-state index contributed by atoms with van der Waals surface area (Å²) < 4.78 is 6.92. The van der Waals surface area contributed by atoms with Crippen molar-refractivity contribution in [2.45, 2.75) is 0 Å². The van der Waals surface area contributed by atoms with Crippen molar-refractivity contribution in [3.05, 3.63) is 62.3 Å². The van der Waals surface area contributed by atoms with E-state index in [1.807, 2.05) is 0 Å². The van der Waals surface area contributed by atoms with Crippen molar-refractivity contribution < 1.29 is 14.6 Å². The van der Waals surface area contributed by atoms with Gasteiger partial charge in [0.2, 0.25) is 0 Å². The number of fused-ring (bicyclic) bond motifs is 2. The first-order chi connectivity index (χ1) is 12.1. The van der Waals surface area contributed by atoms with Gasteiger partial charge < -0.3 is 14.9 Å². The van der Waals surface area contributed by atoms with E-state index in [2.05, 4.69) is 9.97 Å². The number of ether oxygens (including phenoxy) is 1. The van der Waals surface area contributed by atoms with Gasteiger partial charge in [0.15, 0.2) is 5.75 Å². The number of nitro groups is 2. The highest BCUT2D eigenvalue weighted by molar-refractivity contribution is 7.15. The third-order valence-electron chi connectivity index (χ3n) is 3.49. The van der Waals surface area contributed by atoms with Crippen LogP contribution in [0.4, 0.5) is 11.5 Å². The molecule has 0 atom stereocenters. The second-order valence-electron chi connectivity index (χ2n) is 4.89. The number of rotatable bonds is 4. The molecular weight excluding hydrogens is 350 g/mol. The predicted molar refractivity (Wildman–Crippen MR) is 88.2 cm³/mol. The summed E-state index contributed by atoms with van der Waals surface area (Å²) in [5, 5.41) is 24.4. The standard InChI is InChI=1S/C14H7N5O5S/c20-18(21)9-3-4-10(11-8(9)2-1-5-15-11)24-12-13(19(22)23)17-6-7-25-14(17)16-12/h1-7H. The van der Waals surface area contributed by atoms with Crippen LogP contribution < -0.4 is 4.74 Å². The van der Waals surface area contributed by atoms with Crippen LogP contribution >= 0.6 is 11.3 Å². The Bertz CT molecular complexity index is 1150. The Labute approximate surface area is 142 Å². The van der Waals surface area contributed by atoms with Crippen LogP contribution in [-0.2, 0) is 0 Å². The Morgan fingerprint density at radius 2 is 2.00 bits per heavy atom. The summed E-state index contributed by atoms with van der Waals surface area (Å²) in [6.07, 6.45) is 2.98. The van der Waals surface area contributed by atoms with Gasteiger partial charge in [-0.25, -0.2) is 0 Å². The molecule has 0 radical (unpaired) electrons. The third kappa shape index (κ3) is 2.33. The monoisotopic (exact) mass is 357 g/mol. The summed E-state index contributed by atoms with van der Waals surface area (Å²) >= 11 is 1.22. The van der Waals surface area contributed by atoms with Gasteiger partial charge in [0.1, 0.15) is 11.7 Å². The maximum absolute atomic E-state index is 11.4. The number of nitro benzene ring substituents is 1. The average molecular weight is 357 g/mol. The summed E-state index contributed by atoms with van der Waals surface area (Å²) in [4.78, 5) is 30.0. The number of benzene rings is 1. The molecule has 3 heterocycles. The van der Waals surface area contributed by atoms with E-state index in [-0.39, 0.29) is 34.0 Å². The molecule has 0 saturated carbocycles. The Morgan fingerprint density at radius 3 is 2.76 bits per heavy atom. The van der Waals surface area contributed by atoms with E-state index in [1.54, 1.807) is 11.4 Å². The SMILES string of the molecule is O=[N+]([O-])c1ccc(Oc2nc3sccn3c2[N+](=O)[O-])c2ncccc12. The van der Waals surface area contributed by atoms with E-state index in [0.717, 1.165) is 0 Å². The summed E-state index contributed by atoms with van der Waals surface area (Å²) in [6, 6.07) is 5.72. The molecule has 4 rings (SSSR count). The lowest BCUT2D eigenvalue weighted by atomic mass is 10.1. The van der Waals surface area contributed by atoms with Crippen LogP contribution in [-0.4, -0.2) is 24.2 Å². The van der Waals surface area contributed by atoms with Gasteiger partial charge in [-0.3, -0.25) is 15.1 Å². The van der Waals surface area contributed by atoms with Crippen molar-refractivity contribution >= 4 is 38.7 Å². The zero-order valence-electron chi connectivity index (χ0n) is 12.2. The van der Waals surface area contributed by atoms with E-state index in [4.69, 9.17) is 4.74 Å². The van der Waals surface area contributed by atoms with Crippen molar-refractivity contribution in [1.82, 2.24) is 14.4 Å². The van der Waals surface area contributed by atoms with Crippen molar-refractivity contribution in [2.24, 2.45) is 0 Å². The highest BCUT2D eigenvalue weighted by Gasteiger charge is 2.27. The normalized spacial score (nSPS) is 11.0. The van der Waals surface area contributed by atoms with Crippen LogP contribution in [0.3, 0.4) is 0 Å². The predicted octanol–water partition coefficient (Wildman–Crippen LogP) is 3.55. The van der Waals surface area contributed by atoms with Crippen molar-refractivity contribution in [3.8, 4) is 11.6 Å². The summed E-state index contributed by atoms with van der Waals surface area (Å²) in [5.74, 6) is -0.369. The van der Waals surface area contributed by atoms with Gasteiger partial charge >= 0.3 is 11.7 Å². The highest BCUT2D eigenvalue weighted by Crippen LogP contribution is 2.37. The van der Waals surface area contributed by atoms with E-state index in [1.165, 1.54) is 46.3 Å². The first-order valence-corrected chi connectivity index (χ1v) is 7.74. The van der Waals surface area contributed by atoms with Gasteiger partial charge in [-0.05, 0) is 23.1 Å². The molecule has 0 fully saturated rings. The Kier molecular flexibility index (Phi) is 3.28. The van der Waals surface area contributed by atoms with Crippen LogP contribution in [0, 0.1) is 20.2 Å². The number of non-ortho nitro benzene ring substituents is 1. The fraction of sp³-hybridized carbons (Fsp3) is 0. The van der Waals surface area contributed by atoms with Crippen molar-refractivity contribution in [3.63, 3.8) is 0 Å². The van der Waals surface area contributed by atoms with Gasteiger partial charge in [-0.2, -0.15) is 9.38 Å². The molecule has 0 spiro atoms. The number of thiazole rings is 1. The minimum Gasteiger partial charge on any atom is -0.430 e. The number of nitrogens with zero attached hydrogens (tertiary/aromatic N) is 5. The maximum Gasteiger partial charge on any atom is 0.393 e. The summed E-state index contributed by atoms with van der Waals surface area (Å²) in [7, 11) is 0. The van der Waals surface area contributed by atoms with Gasteiger partial charge in [-0.1, -0.05) is 11.3 Å². The minimum absolute atomic E-state index is 0.129. The molecule has 1 aromatic carbocycles. The van der Waals surface area contributed by atoms with E-state index < -0.39 is 9.85 Å². The Morgan fingerprint density at radius 1 is 1.16 bits per heavy atom. The Hall–Kier alpha value is -3.60. The molecule has 3 aromatic heterocycles. The molecule has 0 bridgehead atoms. The molecule has 4 aromatic rings. The molecule has 0 unspecified atom stereocenters. The number of hydrogen-bond donors (Lipinski definition) is 0. The molecule has 25 heavy (non-hydrogen) atoms. The smallest absolute Gasteiger partial charge is 0.393 e. The molecule has 11 heteroatoms. The molecule has 0 saturated heterocycles. The van der Waals surface area contributed by atoms with Crippen molar-refractivity contribution in [1.29, 1.82) is 0 Å². The molecule has 0 aliphatic heterocycles. The summed E-state index contributed by atoms with van der Waals surface area (Å²) in [6.45, 7) is 0. The van der Waals surface area contributed by atoms with E-state index in [9.17, 15) is 20.2 Å².